The van der Waals surface area contributed by atoms with Crippen LogP contribution >= 0.6 is 0 Å². The third-order valence-corrected chi connectivity index (χ3v) is 6.60. The van der Waals surface area contributed by atoms with E-state index in [1.54, 1.807) is 67.3 Å². The van der Waals surface area contributed by atoms with Gasteiger partial charge < -0.3 is 5.32 Å². The Bertz CT molecular complexity index is 1420. The molecule has 4 rings (SSSR count). The highest BCUT2D eigenvalue weighted by molar-refractivity contribution is 7.88. The zero-order chi connectivity index (χ0) is 24.3. The van der Waals surface area contributed by atoms with Crippen LogP contribution in [0.1, 0.15) is 35.3 Å². The number of rotatable bonds is 8. The summed E-state index contributed by atoms with van der Waals surface area (Å²) in [7, 11) is -3.40. The lowest BCUT2D eigenvalue weighted by Gasteiger charge is -2.10. The van der Waals surface area contributed by atoms with E-state index < -0.39 is 10.0 Å². The zero-order valence-corrected chi connectivity index (χ0v) is 19.5. The van der Waals surface area contributed by atoms with Crippen molar-refractivity contribution in [1.82, 2.24) is 24.8 Å². The Morgan fingerprint density at radius 2 is 1.68 bits per heavy atom. The van der Waals surface area contributed by atoms with Gasteiger partial charge in [0.05, 0.1) is 34.9 Å². The van der Waals surface area contributed by atoms with Crippen LogP contribution in [-0.4, -0.2) is 35.1 Å². The summed E-state index contributed by atoms with van der Waals surface area (Å²) in [6, 6.07) is 12.7. The molecule has 1 amide bonds. The number of nitrogens with one attached hydrogen (secondary N) is 2. The van der Waals surface area contributed by atoms with Crippen LogP contribution in [-0.2, 0) is 22.3 Å². The molecule has 0 aliphatic carbocycles. The number of fused-ring (bicyclic) bond motifs is 1. The van der Waals surface area contributed by atoms with E-state index in [9.17, 15) is 17.6 Å². The van der Waals surface area contributed by atoms with Crippen molar-refractivity contribution in [2.75, 3.05) is 0 Å². The highest BCUT2D eigenvalue weighted by Gasteiger charge is 2.16. The van der Waals surface area contributed by atoms with Gasteiger partial charge in [-0.2, -0.15) is 5.10 Å². The van der Waals surface area contributed by atoms with Gasteiger partial charge in [-0.05, 0) is 49.2 Å². The first kappa shape index (κ1) is 23.5. The number of aromatic nitrogens is 3. The average Bonchev–Trinajstić information content (AvgIpc) is 3.22. The summed E-state index contributed by atoms with van der Waals surface area (Å²) < 4.78 is 41.6. The van der Waals surface area contributed by atoms with Crippen molar-refractivity contribution in [2.45, 2.75) is 32.2 Å². The van der Waals surface area contributed by atoms with Gasteiger partial charge in [0.25, 0.3) is 5.91 Å². The Hall–Kier alpha value is -3.63. The number of carbonyl (C=O) groups excluding carboxylic acids is 1. The molecule has 10 heteroatoms. The molecular weight excluding hydrogens is 457 g/mol. The minimum Gasteiger partial charge on any atom is -0.348 e. The molecule has 0 saturated carbocycles. The molecule has 2 N–H and O–H groups in total. The summed E-state index contributed by atoms with van der Waals surface area (Å²) >= 11 is 0. The van der Waals surface area contributed by atoms with Gasteiger partial charge in [0.2, 0.25) is 10.0 Å². The fourth-order valence-corrected chi connectivity index (χ4v) is 4.99. The number of nitrogens with zero attached hydrogens (tertiary/aromatic N) is 3. The van der Waals surface area contributed by atoms with E-state index in [2.05, 4.69) is 20.1 Å². The molecule has 2 heterocycles. The van der Waals surface area contributed by atoms with Gasteiger partial charge in [-0.1, -0.05) is 24.3 Å². The number of hydrogen-bond donors (Lipinski definition) is 2. The third kappa shape index (κ3) is 5.46. The van der Waals surface area contributed by atoms with Crippen LogP contribution in [0.3, 0.4) is 0 Å². The van der Waals surface area contributed by atoms with Crippen molar-refractivity contribution >= 4 is 26.8 Å². The number of amides is 1. The minimum absolute atomic E-state index is 0.108. The van der Waals surface area contributed by atoms with Crippen molar-refractivity contribution in [3.05, 3.63) is 89.6 Å². The van der Waals surface area contributed by atoms with E-state index in [4.69, 9.17) is 0 Å². The van der Waals surface area contributed by atoms with E-state index in [0.717, 1.165) is 5.56 Å². The van der Waals surface area contributed by atoms with Crippen LogP contribution in [0.15, 0.2) is 67.1 Å². The largest absolute Gasteiger partial charge is 0.348 e. The first-order valence-electron chi connectivity index (χ1n) is 10.7. The third-order valence-electron chi connectivity index (χ3n) is 5.06. The molecule has 0 aliphatic rings. The lowest BCUT2D eigenvalue weighted by atomic mass is 10.1. The average molecular weight is 482 g/mol. The van der Waals surface area contributed by atoms with E-state index in [0.29, 0.717) is 27.7 Å². The number of sulfonamides is 1. The normalized spacial score (nSPS) is 11.8. The van der Waals surface area contributed by atoms with Gasteiger partial charge in [-0.3, -0.25) is 9.78 Å². The smallest absolute Gasteiger partial charge is 0.253 e. The summed E-state index contributed by atoms with van der Waals surface area (Å²) in [5.41, 5.74) is 3.13. The second-order valence-electron chi connectivity index (χ2n) is 8.18. The summed E-state index contributed by atoms with van der Waals surface area (Å²) in [5.74, 6) is -0.770. The van der Waals surface area contributed by atoms with Crippen molar-refractivity contribution in [2.24, 2.45) is 0 Å². The molecule has 8 nitrogen and oxygen atoms in total. The number of pyridine rings is 1. The van der Waals surface area contributed by atoms with Gasteiger partial charge in [-0.25, -0.2) is 22.2 Å². The predicted octanol–water partition coefficient (Wildman–Crippen LogP) is 3.32. The predicted molar refractivity (Wildman–Crippen MR) is 127 cm³/mol. The summed E-state index contributed by atoms with van der Waals surface area (Å²) in [5, 5.41) is 7.82. The monoisotopic (exact) mass is 481 g/mol. The Balaban J connectivity index is 1.45. The molecule has 0 atom stereocenters. The number of benzene rings is 2. The first-order valence-corrected chi connectivity index (χ1v) is 12.3. The summed E-state index contributed by atoms with van der Waals surface area (Å²) in [6.45, 7) is 3.80. The number of carbonyl (C=O) groups is 1. The minimum atomic E-state index is -3.40. The molecule has 0 fully saturated rings. The van der Waals surface area contributed by atoms with Crippen LogP contribution < -0.4 is 10.0 Å². The fraction of sp³-hybridized carbons (Fsp3) is 0.208. The number of hydrogen-bond acceptors (Lipinski definition) is 5. The highest BCUT2D eigenvalue weighted by Crippen LogP contribution is 2.21. The van der Waals surface area contributed by atoms with Crippen molar-refractivity contribution in [3.63, 3.8) is 0 Å². The summed E-state index contributed by atoms with van der Waals surface area (Å²) in [6.07, 6.45) is 4.66. The molecule has 0 bridgehead atoms. The standard InChI is InChI=1S/C24H24FN5O3S/c1-16(2)29-34(32,33)15-18-5-3-17(4-6-18)11-27-24(31)22-12-26-14-23-21(22)13-28-30(23)20-9-7-19(25)8-10-20/h3-10,12-14,16,29H,11,15H2,1-2H3,(H,27,31). The lowest BCUT2D eigenvalue weighted by Crippen LogP contribution is -2.31. The summed E-state index contributed by atoms with van der Waals surface area (Å²) in [4.78, 5) is 17.0. The van der Waals surface area contributed by atoms with Crippen molar-refractivity contribution in [1.29, 1.82) is 0 Å². The quantitative estimate of drug-likeness (QED) is 0.402. The SMILES string of the molecule is CC(C)NS(=O)(=O)Cc1ccc(CNC(=O)c2cncc3c2cnn3-c2ccc(F)cc2)cc1. The van der Waals surface area contributed by atoms with Crippen LogP contribution in [0, 0.1) is 5.82 Å². The van der Waals surface area contributed by atoms with E-state index >= 15 is 0 Å². The maximum atomic E-state index is 13.3. The number of halogens is 1. The van der Waals surface area contributed by atoms with Gasteiger partial charge in [0, 0.05) is 24.2 Å². The second kappa shape index (κ2) is 9.70. The molecule has 2 aromatic carbocycles. The Kier molecular flexibility index (Phi) is 6.71. The van der Waals surface area contributed by atoms with E-state index in [1.807, 2.05) is 0 Å². The first-order chi connectivity index (χ1) is 16.2. The molecule has 0 aliphatic heterocycles. The van der Waals surface area contributed by atoms with Crippen LogP contribution in [0.2, 0.25) is 0 Å². The molecule has 176 valence electrons. The van der Waals surface area contributed by atoms with Gasteiger partial charge in [0.1, 0.15) is 5.82 Å². The van der Waals surface area contributed by atoms with Gasteiger partial charge in [-0.15, -0.1) is 0 Å². The van der Waals surface area contributed by atoms with Crippen LogP contribution in [0.4, 0.5) is 4.39 Å². The van der Waals surface area contributed by atoms with Crippen LogP contribution in [0.5, 0.6) is 0 Å². The van der Waals surface area contributed by atoms with E-state index in [-0.39, 0.29) is 30.1 Å². The Labute approximate surface area is 196 Å². The van der Waals surface area contributed by atoms with Crippen molar-refractivity contribution in [3.8, 4) is 5.69 Å². The van der Waals surface area contributed by atoms with E-state index in [1.165, 1.54) is 18.3 Å². The molecular formula is C24H24FN5O3S. The molecule has 34 heavy (non-hydrogen) atoms. The zero-order valence-electron chi connectivity index (χ0n) is 18.7. The molecule has 2 aromatic heterocycles. The molecule has 0 spiro atoms. The van der Waals surface area contributed by atoms with Gasteiger partial charge >= 0.3 is 0 Å². The van der Waals surface area contributed by atoms with Crippen LogP contribution in [0.25, 0.3) is 16.6 Å². The molecule has 0 unspecified atom stereocenters. The molecule has 0 saturated heterocycles. The van der Waals surface area contributed by atoms with Gasteiger partial charge in [0.15, 0.2) is 0 Å². The Morgan fingerprint density at radius 3 is 2.35 bits per heavy atom. The van der Waals surface area contributed by atoms with Crippen molar-refractivity contribution < 1.29 is 17.6 Å². The maximum absolute atomic E-state index is 13.3. The lowest BCUT2D eigenvalue weighted by molar-refractivity contribution is 0.0952. The topological polar surface area (TPSA) is 106 Å². The second-order valence-corrected chi connectivity index (χ2v) is 9.94. The maximum Gasteiger partial charge on any atom is 0.253 e. The highest BCUT2D eigenvalue weighted by atomic mass is 32.2. The fourth-order valence-electron chi connectivity index (χ4n) is 3.56. The molecule has 0 radical (unpaired) electrons. The molecule has 4 aromatic rings. The Morgan fingerprint density at radius 1 is 1.00 bits per heavy atom.